The zero-order valence-corrected chi connectivity index (χ0v) is 13.0. The first-order valence-corrected chi connectivity index (χ1v) is 6.84. The molecular weight excluding hydrogens is 252 g/mol. The van der Waals surface area contributed by atoms with E-state index in [0.717, 1.165) is 18.5 Å². The van der Waals surface area contributed by atoms with Crippen LogP contribution in [0.5, 0.6) is 11.5 Å². The normalized spacial score (nSPS) is 13.7. The Morgan fingerprint density at radius 1 is 1.25 bits per heavy atom. The summed E-state index contributed by atoms with van der Waals surface area (Å²) < 4.78 is 10.6. The van der Waals surface area contributed by atoms with Gasteiger partial charge in [0.05, 0.1) is 25.7 Å². The molecule has 0 fully saturated rings. The lowest BCUT2D eigenvalue weighted by Crippen LogP contribution is -2.34. The van der Waals surface area contributed by atoms with Gasteiger partial charge in [-0.1, -0.05) is 19.9 Å². The van der Waals surface area contributed by atoms with E-state index in [0.29, 0.717) is 11.5 Å². The molecule has 1 unspecified atom stereocenters. The van der Waals surface area contributed by atoms with E-state index in [-0.39, 0.29) is 5.92 Å². The molecule has 0 saturated heterocycles. The molecule has 0 heterocycles. The van der Waals surface area contributed by atoms with Gasteiger partial charge in [0.1, 0.15) is 0 Å². The zero-order valence-electron chi connectivity index (χ0n) is 13.0. The second-order valence-corrected chi connectivity index (χ2v) is 5.16. The second kappa shape index (κ2) is 7.16. The molecule has 20 heavy (non-hydrogen) atoms. The van der Waals surface area contributed by atoms with Crippen molar-refractivity contribution >= 4 is 0 Å². The van der Waals surface area contributed by atoms with Crippen LogP contribution in [-0.2, 0) is 5.41 Å². The number of rotatable bonds is 7. The number of hydrogen-bond donors (Lipinski definition) is 1. The summed E-state index contributed by atoms with van der Waals surface area (Å²) in [5.74, 6) is 1.55. The van der Waals surface area contributed by atoms with Gasteiger partial charge in [0.25, 0.3) is 0 Å². The Balaban J connectivity index is 3.31. The minimum Gasteiger partial charge on any atom is -0.493 e. The van der Waals surface area contributed by atoms with Gasteiger partial charge in [-0.05, 0) is 43.6 Å². The molecule has 0 aliphatic heterocycles. The third-order valence-electron chi connectivity index (χ3n) is 3.85. The van der Waals surface area contributed by atoms with Crippen molar-refractivity contribution in [3.05, 3.63) is 23.8 Å². The minimum atomic E-state index is -0.525. The topological polar surface area (TPSA) is 54.3 Å². The number of methoxy groups -OCH3 is 2. The van der Waals surface area contributed by atoms with Crippen LogP contribution in [0.25, 0.3) is 0 Å². The van der Waals surface area contributed by atoms with Crippen LogP contribution in [0.1, 0.15) is 25.8 Å². The summed E-state index contributed by atoms with van der Waals surface area (Å²) in [5.41, 5.74) is 0.450. The first-order chi connectivity index (χ1) is 9.55. The summed E-state index contributed by atoms with van der Waals surface area (Å²) in [6.45, 7) is 4.95. The predicted molar refractivity (Wildman–Crippen MR) is 80.2 cm³/mol. The predicted octanol–water partition coefficient (Wildman–Crippen LogP) is 2.73. The molecular formula is C16H24N2O2. The van der Waals surface area contributed by atoms with Gasteiger partial charge in [0.2, 0.25) is 0 Å². The first kappa shape index (κ1) is 16.3. The van der Waals surface area contributed by atoms with Crippen LogP contribution in [-0.4, -0.2) is 27.8 Å². The highest BCUT2D eigenvalue weighted by Gasteiger charge is 2.36. The minimum absolute atomic E-state index is 0.207. The van der Waals surface area contributed by atoms with E-state index in [1.165, 1.54) is 0 Å². The summed E-state index contributed by atoms with van der Waals surface area (Å²) in [6, 6.07) is 8.25. The molecule has 1 atom stereocenters. The van der Waals surface area contributed by atoms with Crippen molar-refractivity contribution in [2.45, 2.75) is 25.7 Å². The number of benzene rings is 1. The highest BCUT2D eigenvalue weighted by molar-refractivity contribution is 5.47. The molecule has 0 aromatic heterocycles. The maximum absolute atomic E-state index is 9.77. The Morgan fingerprint density at radius 3 is 2.35 bits per heavy atom. The molecule has 1 rings (SSSR count). The molecule has 0 bridgehead atoms. The van der Waals surface area contributed by atoms with Gasteiger partial charge in [0.15, 0.2) is 11.5 Å². The van der Waals surface area contributed by atoms with Crippen molar-refractivity contribution in [2.75, 3.05) is 27.8 Å². The van der Waals surface area contributed by atoms with Crippen molar-refractivity contribution in [3.63, 3.8) is 0 Å². The molecule has 0 aliphatic carbocycles. The van der Waals surface area contributed by atoms with Crippen molar-refractivity contribution < 1.29 is 9.47 Å². The number of nitrogens with one attached hydrogen (secondary N) is 1. The van der Waals surface area contributed by atoms with Crippen LogP contribution in [0.3, 0.4) is 0 Å². The molecule has 0 aliphatic rings. The Bertz CT molecular complexity index is 480. The van der Waals surface area contributed by atoms with E-state index >= 15 is 0 Å². The molecule has 0 saturated carbocycles. The fourth-order valence-electron chi connectivity index (χ4n) is 2.45. The van der Waals surface area contributed by atoms with Crippen LogP contribution < -0.4 is 14.8 Å². The van der Waals surface area contributed by atoms with Crippen LogP contribution in [0.4, 0.5) is 0 Å². The van der Waals surface area contributed by atoms with Crippen molar-refractivity contribution in [2.24, 2.45) is 5.92 Å². The highest BCUT2D eigenvalue weighted by atomic mass is 16.5. The summed E-state index contributed by atoms with van der Waals surface area (Å²) in [5, 5.41) is 12.9. The van der Waals surface area contributed by atoms with E-state index in [4.69, 9.17) is 9.47 Å². The van der Waals surface area contributed by atoms with E-state index in [1.807, 2.05) is 25.2 Å². The standard InChI is InChI=1S/C16H24N2O2/c1-12(2)16(11-17,8-9-18-3)13-6-7-14(19-4)15(10-13)20-5/h6-7,10,12,18H,8-9H2,1-5H3. The number of ether oxygens (including phenoxy) is 2. The van der Waals surface area contributed by atoms with Gasteiger partial charge in [-0.3, -0.25) is 0 Å². The van der Waals surface area contributed by atoms with Gasteiger partial charge >= 0.3 is 0 Å². The average molecular weight is 276 g/mol. The maximum atomic E-state index is 9.77. The van der Waals surface area contributed by atoms with E-state index in [1.54, 1.807) is 14.2 Å². The molecule has 1 N–H and O–H groups in total. The average Bonchev–Trinajstić information content (AvgIpc) is 2.47. The molecule has 1 aromatic rings. The monoisotopic (exact) mass is 276 g/mol. The van der Waals surface area contributed by atoms with E-state index < -0.39 is 5.41 Å². The Labute approximate surface area is 121 Å². The molecule has 110 valence electrons. The molecule has 1 aromatic carbocycles. The quantitative estimate of drug-likeness (QED) is 0.832. The van der Waals surface area contributed by atoms with E-state index in [9.17, 15) is 5.26 Å². The van der Waals surface area contributed by atoms with Crippen molar-refractivity contribution in [1.82, 2.24) is 5.32 Å². The largest absolute Gasteiger partial charge is 0.493 e. The van der Waals surface area contributed by atoms with Crippen molar-refractivity contribution in [3.8, 4) is 17.6 Å². The van der Waals surface area contributed by atoms with Gasteiger partial charge in [-0.2, -0.15) is 5.26 Å². The summed E-state index contributed by atoms with van der Waals surface area (Å²) >= 11 is 0. The van der Waals surface area contributed by atoms with Crippen LogP contribution >= 0.6 is 0 Å². The smallest absolute Gasteiger partial charge is 0.161 e. The van der Waals surface area contributed by atoms with Crippen LogP contribution in [0.2, 0.25) is 0 Å². The van der Waals surface area contributed by atoms with Crippen LogP contribution in [0, 0.1) is 17.2 Å². The highest BCUT2D eigenvalue weighted by Crippen LogP contribution is 2.39. The van der Waals surface area contributed by atoms with Gasteiger partial charge in [0, 0.05) is 0 Å². The first-order valence-electron chi connectivity index (χ1n) is 6.84. The second-order valence-electron chi connectivity index (χ2n) is 5.16. The molecule has 0 radical (unpaired) electrons. The third kappa shape index (κ3) is 3.05. The number of nitrogens with zero attached hydrogens (tertiary/aromatic N) is 1. The zero-order chi connectivity index (χ0) is 15.2. The number of nitriles is 1. The number of hydrogen-bond acceptors (Lipinski definition) is 4. The molecule has 4 heteroatoms. The Morgan fingerprint density at radius 2 is 1.90 bits per heavy atom. The molecule has 0 spiro atoms. The summed E-state index contributed by atoms with van der Waals surface area (Å²) in [7, 11) is 5.12. The summed E-state index contributed by atoms with van der Waals surface area (Å²) in [4.78, 5) is 0. The third-order valence-corrected chi connectivity index (χ3v) is 3.85. The SMILES string of the molecule is CNCCC(C#N)(c1ccc(OC)c(OC)c1)C(C)C. The lowest BCUT2D eigenvalue weighted by molar-refractivity contribution is 0.344. The fraction of sp³-hybridized carbons (Fsp3) is 0.562. The van der Waals surface area contributed by atoms with E-state index in [2.05, 4.69) is 25.2 Å². The Hall–Kier alpha value is -1.73. The summed E-state index contributed by atoms with van der Waals surface area (Å²) in [6.07, 6.45) is 0.757. The molecule has 4 nitrogen and oxygen atoms in total. The van der Waals surface area contributed by atoms with Gasteiger partial charge in [-0.15, -0.1) is 0 Å². The van der Waals surface area contributed by atoms with Gasteiger partial charge < -0.3 is 14.8 Å². The van der Waals surface area contributed by atoms with Gasteiger partial charge in [-0.25, -0.2) is 0 Å². The Kier molecular flexibility index (Phi) is 5.84. The van der Waals surface area contributed by atoms with Crippen LogP contribution in [0.15, 0.2) is 18.2 Å². The maximum Gasteiger partial charge on any atom is 0.161 e. The lowest BCUT2D eigenvalue weighted by atomic mass is 9.70. The fourth-order valence-corrected chi connectivity index (χ4v) is 2.45. The van der Waals surface area contributed by atoms with Crippen molar-refractivity contribution in [1.29, 1.82) is 5.26 Å². The molecule has 0 amide bonds. The lowest BCUT2D eigenvalue weighted by Gasteiger charge is -2.31.